The zero-order valence-corrected chi connectivity index (χ0v) is 12.8. The van der Waals surface area contributed by atoms with Crippen molar-refractivity contribution in [3.63, 3.8) is 0 Å². The van der Waals surface area contributed by atoms with Gasteiger partial charge in [-0.15, -0.1) is 18.2 Å². The first-order valence-electron chi connectivity index (χ1n) is 6.57. The third-order valence-electron chi connectivity index (χ3n) is 3.15. The van der Waals surface area contributed by atoms with Gasteiger partial charge in [-0.2, -0.15) is 0 Å². The van der Waals surface area contributed by atoms with Crippen LogP contribution in [-0.2, 0) is 15.0 Å². The highest BCUT2D eigenvalue weighted by Gasteiger charge is 2.37. The Morgan fingerprint density at radius 1 is 1.38 bits per heavy atom. The van der Waals surface area contributed by atoms with Gasteiger partial charge in [-0.05, 0) is 12.5 Å². The fraction of sp³-hybridized carbons (Fsp3) is 0.375. The number of thioether (sulfide) groups is 1. The summed E-state index contributed by atoms with van der Waals surface area (Å²) in [6.45, 7) is 2.05. The molecule has 0 saturated heterocycles. The molecule has 5 heteroatoms. The lowest BCUT2D eigenvalue weighted by Crippen LogP contribution is -2.39. The summed E-state index contributed by atoms with van der Waals surface area (Å²) in [7, 11) is 0. The Morgan fingerprint density at radius 3 is 2.62 bits per heavy atom. The predicted molar refractivity (Wildman–Crippen MR) is 85.2 cm³/mol. The molecule has 0 fully saturated rings. The summed E-state index contributed by atoms with van der Waals surface area (Å²) in [4.78, 5) is 23.5. The van der Waals surface area contributed by atoms with Crippen molar-refractivity contribution >= 4 is 23.6 Å². The maximum Gasteiger partial charge on any atom is 0.314 e. The summed E-state index contributed by atoms with van der Waals surface area (Å²) in [5.41, 5.74) is -0.605. The van der Waals surface area contributed by atoms with E-state index in [0.717, 1.165) is 0 Å². The minimum Gasteiger partial charge on any atom is -0.481 e. The molecule has 1 rings (SSSR count). The highest BCUT2D eigenvalue weighted by Crippen LogP contribution is 2.27. The van der Waals surface area contributed by atoms with Gasteiger partial charge >= 0.3 is 5.97 Å². The number of aliphatic carboxylic acids is 1. The van der Waals surface area contributed by atoms with Crippen molar-refractivity contribution in [2.24, 2.45) is 0 Å². The van der Waals surface area contributed by atoms with Crippen molar-refractivity contribution in [1.29, 1.82) is 0 Å². The molecule has 0 aliphatic carbocycles. The summed E-state index contributed by atoms with van der Waals surface area (Å²) in [6, 6.07) is 8.80. The van der Waals surface area contributed by atoms with Crippen molar-refractivity contribution in [1.82, 2.24) is 5.32 Å². The molecular weight excluding hydrogens is 286 g/mol. The van der Waals surface area contributed by atoms with E-state index in [1.165, 1.54) is 0 Å². The Kier molecular flexibility index (Phi) is 6.83. The fourth-order valence-electron chi connectivity index (χ4n) is 1.88. The molecule has 0 heterocycles. The van der Waals surface area contributed by atoms with E-state index in [9.17, 15) is 14.7 Å². The maximum atomic E-state index is 11.9. The average Bonchev–Trinajstić information content (AvgIpc) is 2.47. The van der Waals surface area contributed by atoms with Crippen molar-refractivity contribution < 1.29 is 14.7 Å². The first kappa shape index (κ1) is 17.1. The van der Waals surface area contributed by atoms with Crippen LogP contribution >= 0.6 is 11.8 Å². The lowest BCUT2D eigenvalue weighted by Gasteiger charge is -2.24. The van der Waals surface area contributed by atoms with Crippen molar-refractivity contribution in [3.8, 4) is 12.3 Å². The Labute approximate surface area is 129 Å². The van der Waals surface area contributed by atoms with Crippen LogP contribution in [0.15, 0.2) is 30.3 Å². The Balaban J connectivity index is 2.61. The fourth-order valence-corrected chi connectivity index (χ4v) is 2.39. The van der Waals surface area contributed by atoms with Crippen LogP contribution in [-0.4, -0.2) is 35.0 Å². The maximum absolute atomic E-state index is 11.9. The van der Waals surface area contributed by atoms with Crippen LogP contribution in [0, 0.1) is 12.3 Å². The van der Waals surface area contributed by atoms with Crippen LogP contribution < -0.4 is 5.32 Å². The van der Waals surface area contributed by atoms with Gasteiger partial charge in [0.05, 0.1) is 11.2 Å². The molecule has 1 amide bonds. The second-order valence-electron chi connectivity index (χ2n) is 4.79. The molecular formula is C16H19NO3S. The Bertz CT molecular complexity index is 524. The van der Waals surface area contributed by atoms with E-state index in [4.69, 9.17) is 6.42 Å². The van der Waals surface area contributed by atoms with Crippen LogP contribution in [0.3, 0.4) is 0 Å². The van der Waals surface area contributed by atoms with Crippen LogP contribution in [0.25, 0.3) is 0 Å². The third-order valence-corrected chi connectivity index (χ3v) is 4.01. The normalized spacial score (nSPS) is 13.0. The van der Waals surface area contributed by atoms with Crippen molar-refractivity contribution in [3.05, 3.63) is 35.9 Å². The van der Waals surface area contributed by atoms with Gasteiger partial charge in [0.25, 0.3) is 0 Å². The third kappa shape index (κ3) is 5.16. The summed E-state index contributed by atoms with van der Waals surface area (Å²) >= 11 is 1.55. The van der Waals surface area contributed by atoms with E-state index in [1.807, 2.05) is 6.07 Å². The number of amides is 1. The minimum atomic E-state index is -1.22. The van der Waals surface area contributed by atoms with Crippen LogP contribution in [0.4, 0.5) is 0 Å². The van der Waals surface area contributed by atoms with Gasteiger partial charge in [0.2, 0.25) is 5.91 Å². The lowest BCUT2D eigenvalue weighted by molar-refractivity contribution is -0.145. The van der Waals surface area contributed by atoms with Crippen molar-refractivity contribution in [2.75, 3.05) is 18.1 Å². The number of carbonyl (C=O) groups excluding carboxylic acids is 1. The molecule has 0 saturated carbocycles. The van der Waals surface area contributed by atoms with Crippen LogP contribution in [0.5, 0.6) is 0 Å². The van der Waals surface area contributed by atoms with E-state index < -0.39 is 11.4 Å². The summed E-state index contributed by atoms with van der Waals surface area (Å²) in [5, 5.41) is 12.2. The summed E-state index contributed by atoms with van der Waals surface area (Å²) < 4.78 is 0. The van der Waals surface area contributed by atoms with Crippen molar-refractivity contribution in [2.45, 2.75) is 18.8 Å². The highest BCUT2D eigenvalue weighted by atomic mass is 32.2. The summed E-state index contributed by atoms with van der Waals surface area (Å²) in [6.07, 6.45) is 5.04. The summed E-state index contributed by atoms with van der Waals surface area (Å²) in [5.74, 6) is 2.54. The van der Waals surface area contributed by atoms with Gasteiger partial charge in [-0.3, -0.25) is 9.59 Å². The zero-order valence-electron chi connectivity index (χ0n) is 12.0. The molecule has 1 atom stereocenters. The molecule has 0 aromatic heterocycles. The van der Waals surface area contributed by atoms with Gasteiger partial charge in [-0.1, -0.05) is 36.3 Å². The second-order valence-corrected chi connectivity index (χ2v) is 5.89. The van der Waals surface area contributed by atoms with E-state index >= 15 is 0 Å². The van der Waals surface area contributed by atoms with Gasteiger partial charge in [0.1, 0.15) is 0 Å². The van der Waals surface area contributed by atoms with E-state index in [0.29, 0.717) is 23.6 Å². The molecule has 112 valence electrons. The number of carboxylic acids is 1. The average molecular weight is 305 g/mol. The van der Waals surface area contributed by atoms with E-state index in [1.54, 1.807) is 43.0 Å². The first-order valence-corrected chi connectivity index (χ1v) is 7.73. The number of terminal acetylenes is 1. The molecule has 0 aliphatic rings. The number of carboxylic acid groups (broad SMARTS) is 1. The lowest BCUT2D eigenvalue weighted by atomic mass is 9.79. The van der Waals surface area contributed by atoms with E-state index in [-0.39, 0.29) is 12.3 Å². The monoisotopic (exact) mass is 305 g/mol. The molecule has 0 radical (unpaired) electrons. The van der Waals surface area contributed by atoms with Crippen LogP contribution in [0.2, 0.25) is 0 Å². The second kappa shape index (κ2) is 8.38. The molecule has 1 unspecified atom stereocenters. The molecule has 0 aliphatic heterocycles. The van der Waals surface area contributed by atoms with Gasteiger partial charge in [-0.25, -0.2) is 0 Å². The smallest absolute Gasteiger partial charge is 0.314 e. The van der Waals surface area contributed by atoms with Gasteiger partial charge in [0.15, 0.2) is 0 Å². The molecule has 1 aromatic carbocycles. The number of rotatable bonds is 8. The van der Waals surface area contributed by atoms with Gasteiger partial charge < -0.3 is 10.4 Å². The molecule has 0 bridgehead atoms. The minimum absolute atomic E-state index is 0.0911. The molecule has 0 spiro atoms. The number of carbonyl (C=O) groups is 2. The zero-order chi connectivity index (χ0) is 15.7. The Hall–Kier alpha value is -1.93. The predicted octanol–water partition coefficient (Wildman–Crippen LogP) is 1.90. The molecule has 4 nitrogen and oxygen atoms in total. The number of hydrogen-bond acceptors (Lipinski definition) is 3. The Morgan fingerprint density at radius 2 is 2.05 bits per heavy atom. The first-order chi connectivity index (χ1) is 10.0. The molecule has 2 N–H and O–H groups in total. The molecule has 1 aromatic rings. The molecule has 21 heavy (non-hydrogen) atoms. The highest BCUT2D eigenvalue weighted by molar-refractivity contribution is 7.99. The van der Waals surface area contributed by atoms with Crippen LogP contribution in [0.1, 0.15) is 18.9 Å². The SMILES string of the molecule is C#CCSCCNC(=O)CC(C)(C(=O)O)c1ccccc1. The topological polar surface area (TPSA) is 66.4 Å². The van der Waals surface area contributed by atoms with Gasteiger partial charge in [0, 0.05) is 18.7 Å². The number of benzene rings is 1. The quantitative estimate of drug-likeness (QED) is 0.569. The largest absolute Gasteiger partial charge is 0.481 e. The van der Waals surface area contributed by atoms with E-state index in [2.05, 4.69) is 11.2 Å². The number of hydrogen-bond donors (Lipinski definition) is 2. The number of nitrogens with one attached hydrogen (secondary N) is 1. The standard InChI is InChI=1S/C16H19NO3S/c1-3-10-21-11-9-17-14(18)12-16(2,15(19)20)13-7-5-4-6-8-13/h1,4-8H,9-12H2,2H3,(H,17,18)(H,19,20).